The smallest absolute Gasteiger partial charge is 0.225 e. The van der Waals surface area contributed by atoms with Crippen molar-refractivity contribution in [2.75, 3.05) is 24.5 Å². The first-order chi connectivity index (χ1) is 8.92. The van der Waals surface area contributed by atoms with E-state index >= 15 is 0 Å². The fraction of sp³-hybridized carbons (Fsp3) is 0.714. The first-order valence-corrected chi connectivity index (χ1v) is 7.19. The Morgan fingerprint density at radius 1 is 1.00 bits per heavy atom. The standard InChI is InChI=1S/C14H20N4/c1-6-15-14(16-7-1)18-9-5-12-13(18)4-8-17(12)10-11-2-3-11/h1,6-7,11-13H,2-5,8-10H2/t12-,13+/m1/s1. The van der Waals surface area contributed by atoms with Crippen LogP contribution in [0.2, 0.25) is 0 Å². The number of hydrogen-bond donors (Lipinski definition) is 0. The molecule has 0 bridgehead atoms. The van der Waals surface area contributed by atoms with Crippen molar-refractivity contribution in [1.82, 2.24) is 14.9 Å². The van der Waals surface area contributed by atoms with Gasteiger partial charge >= 0.3 is 0 Å². The molecule has 3 aliphatic rings. The summed E-state index contributed by atoms with van der Waals surface area (Å²) in [7, 11) is 0. The van der Waals surface area contributed by atoms with Gasteiger partial charge in [-0.25, -0.2) is 9.97 Å². The lowest BCUT2D eigenvalue weighted by Crippen LogP contribution is -2.37. The van der Waals surface area contributed by atoms with Crippen LogP contribution in [-0.2, 0) is 0 Å². The number of fused-ring (bicyclic) bond motifs is 1. The van der Waals surface area contributed by atoms with Crippen molar-refractivity contribution >= 4 is 5.95 Å². The van der Waals surface area contributed by atoms with Crippen LogP contribution in [0.3, 0.4) is 0 Å². The molecule has 4 nitrogen and oxygen atoms in total. The van der Waals surface area contributed by atoms with E-state index in [9.17, 15) is 0 Å². The van der Waals surface area contributed by atoms with E-state index in [4.69, 9.17) is 0 Å². The Labute approximate surface area is 108 Å². The van der Waals surface area contributed by atoms with Gasteiger partial charge in [0.05, 0.1) is 0 Å². The molecule has 1 aliphatic carbocycles. The van der Waals surface area contributed by atoms with Crippen LogP contribution in [0.5, 0.6) is 0 Å². The zero-order chi connectivity index (χ0) is 11.9. The van der Waals surface area contributed by atoms with E-state index < -0.39 is 0 Å². The van der Waals surface area contributed by atoms with Crippen LogP contribution in [0.25, 0.3) is 0 Å². The number of rotatable bonds is 3. The second kappa shape index (κ2) is 4.19. The highest BCUT2D eigenvalue weighted by atomic mass is 15.4. The van der Waals surface area contributed by atoms with Crippen molar-refractivity contribution in [2.45, 2.75) is 37.8 Å². The third-order valence-corrected chi connectivity index (χ3v) is 4.69. The highest BCUT2D eigenvalue weighted by Crippen LogP contribution is 2.37. The molecule has 1 aromatic rings. The molecule has 0 N–H and O–H groups in total. The van der Waals surface area contributed by atoms with Crippen molar-refractivity contribution < 1.29 is 0 Å². The number of nitrogens with zero attached hydrogens (tertiary/aromatic N) is 4. The number of anilines is 1. The molecular weight excluding hydrogens is 224 g/mol. The molecule has 4 rings (SSSR count). The molecule has 18 heavy (non-hydrogen) atoms. The van der Waals surface area contributed by atoms with Gasteiger partial charge in [-0.1, -0.05) is 0 Å². The van der Waals surface area contributed by atoms with E-state index in [2.05, 4.69) is 19.8 Å². The van der Waals surface area contributed by atoms with Gasteiger partial charge in [-0.2, -0.15) is 0 Å². The topological polar surface area (TPSA) is 32.3 Å². The molecule has 2 atom stereocenters. The predicted molar refractivity (Wildman–Crippen MR) is 70.5 cm³/mol. The number of hydrogen-bond acceptors (Lipinski definition) is 4. The highest BCUT2D eigenvalue weighted by molar-refractivity contribution is 5.35. The van der Waals surface area contributed by atoms with Crippen molar-refractivity contribution in [3.8, 4) is 0 Å². The Morgan fingerprint density at radius 3 is 2.56 bits per heavy atom. The molecule has 0 amide bonds. The van der Waals surface area contributed by atoms with Crippen LogP contribution >= 0.6 is 0 Å². The first-order valence-electron chi connectivity index (χ1n) is 7.19. The van der Waals surface area contributed by atoms with Crippen LogP contribution in [0, 0.1) is 5.92 Å². The lowest BCUT2D eigenvalue weighted by molar-refractivity contribution is 0.244. The van der Waals surface area contributed by atoms with Crippen LogP contribution in [0.1, 0.15) is 25.7 Å². The summed E-state index contributed by atoms with van der Waals surface area (Å²) in [6.45, 7) is 3.74. The Balaban J connectivity index is 1.50. The van der Waals surface area contributed by atoms with Crippen LogP contribution < -0.4 is 4.90 Å². The van der Waals surface area contributed by atoms with Crippen molar-refractivity contribution in [3.05, 3.63) is 18.5 Å². The van der Waals surface area contributed by atoms with Crippen molar-refractivity contribution in [3.63, 3.8) is 0 Å². The Morgan fingerprint density at radius 2 is 1.78 bits per heavy atom. The van der Waals surface area contributed by atoms with Gasteiger partial charge < -0.3 is 4.90 Å². The van der Waals surface area contributed by atoms with Crippen LogP contribution in [0.4, 0.5) is 5.95 Å². The summed E-state index contributed by atoms with van der Waals surface area (Å²) in [5.41, 5.74) is 0. The fourth-order valence-corrected chi connectivity index (χ4v) is 3.62. The lowest BCUT2D eigenvalue weighted by Gasteiger charge is -2.25. The molecule has 2 aliphatic heterocycles. The van der Waals surface area contributed by atoms with Gasteiger partial charge in [0, 0.05) is 44.1 Å². The van der Waals surface area contributed by atoms with E-state index in [1.54, 1.807) is 0 Å². The quantitative estimate of drug-likeness (QED) is 0.807. The molecule has 1 saturated carbocycles. The molecule has 0 unspecified atom stereocenters. The van der Waals surface area contributed by atoms with Gasteiger partial charge in [0.1, 0.15) is 0 Å². The van der Waals surface area contributed by atoms with Gasteiger partial charge in [-0.3, -0.25) is 4.90 Å². The minimum atomic E-state index is 0.658. The molecule has 96 valence electrons. The Bertz CT molecular complexity index is 417. The second-order valence-electron chi connectivity index (χ2n) is 5.89. The summed E-state index contributed by atoms with van der Waals surface area (Å²) in [6.07, 6.45) is 9.20. The molecule has 1 aromatic heterocycles. The Hall–Kier alpha value is -1.16. The van der Waals surface area contributed by atoms with E-state index in [0.717, 1.165) is 24.5 Å². The maximum Gasteiger partial charge on any atom is 0.225 e. The fourth-order valence-electron chi connectivity index (χ4n) is 3.62. The third kappa shape index (κ3) is 1.79. The summed E-state index contributed by atoms with van der Waals surface area (Å²) >= 11 is 0. The summed E-state index contributed by atoms with van der Waals surface area (Å²) in [5, 5.41) is 0. The largest absolute Gasteiger partial charge is 0.336 e. The minimum Gasteiger partial charge on any atom is -0.336 e. The molecule has 0 aromatic carbocycles. The molecule has 4 heteroatoms. The van der Waals surface area contributed by atoms with Crippen molar-refractivity contribution in [2.24, 2.45) is 5.92 Å². The zero-order valence-electron chi connectivity index (χ0n) is 10.7. The minimum absolute atomic E-state index is 0.658. The molecule has 3 heterocycles. The van der Waals surface area contributed by atoms with Gasteiger partial charge in [0.2, 0.25) is 5.95 Å². The van der Waals surface area contributed by atoms with Gasteiger partial charge in [-0.15, -0.1) is 0 Å². The van der Waals surface area contributed by atoms with E-state index in [1.165, 1.54) is 38.8 Å². The maximum absolute atomic E-state index is 4.42. The maximum atomic E-state index is 4.42. The molecular formula is C14H20N4. The first kappa shape index (κ1) is 10.7. The van der Waals surface area contributed by atoms with E-state index in [0.29, 0.717) is 6.04 Å². The van der Waals surface area contributed by atoms with E-state index in [-0.39, 0.29) is 0 Å². The summed E-state index contributed by atoms with van der Waals surface area (Å²) in [5.74, 6) is 1.93. The van der Waals surface area contributed by atoms with Crippen LogP contribution in [-0.4, -0.2) is 46.6 Å². The van der Waals surface area contributed by atoms with Gasteiger partial charge in [0.25, 0.3) is 0 Å². The zero-order valence-corrected chi connectivity index (χ0v) is 10.7. The number of likely N-dealkylation sites (tertiary alicyclic amines) is 1. The highest BCUT2D eigenvalue weighted by Gasteiger charge is 2.44. The van der Waals surface area contributed by atoms with Gasteiger partial charge in [0.15, 0.2) is 0 Å². The molecule has 0 spiro atoms. The second-order valence-corrected chi connectivity index (χ2v) is 5.89. The molecule has 0 radical (unpaired) electrons. The SMILES string of the molecule is c1cnc(N2CC[C@@H]3[C@@H]2CCN3CC2CC2)nc1. The molecule has 3 fully saturated rings. The average molecular weight is 244 g/mol. The number of aromatic nitrogens is 2. The third-order valence-electron chi connectivity index (χ3n) is 4.69. The van der Waals surface area contributed by atoms with Crippen LogP contribution in [0.15, 0.2) is 18.5 Å². The van der Waals surface area contributed by atoms with Gasteiger partial charge in [-0.05, 0) is 37.7 Å². The van der Waals surface area contributed by atoms with Crippen molar-refractivity contribution in [1.29, 1.82) is 0 Å². The monoisotopic (exact) mass is 244 g/mol. The predicted octanol–water partition coefficient (Wildman–Crippen LogP) is 1.54. The Kier molecular flexibility index (Phi) is 2.50. The lowest BCUT2D eigenvalue weighted by atomic mass is 10.1. The summed E-state index contributed by atoms with van der Waals surface area (Å²) in [4.78, 5) is 14.0. The normalized spacial score (nSPS) is 31.9. The van der Waals surface area contributed by atoms with E-state index in [1.807, 2.05) is 18.5 Å². The summed E-state index contributed by atoms with van der Waals surface area (Å²) in [6, 6.07) is 3.31. The average Bonchev–Trinajstić information content (AvgIpc) is 2.99. The summed E-state index contributed by atoms with van der Waals surface area (Å²) < 4.78 is 0. The molecule has 2 saturated heterocycles.